The van der Waals surface area contributed by atoms with E-state index in [1.807, 2.05) is 30.2 Å². The van der Waals surface area contributed by atoms with Gasteiger partial charge in [-0.05, 0) is 18.4 Å². The first-order valence-electron chi connectivity index (χ1n) is 7.53. The molecule has 0 aromatic carbocycles. The first-order chi connectivity index (χ1) is 10.0. The maximum Gasteiger partial charge on any atom is 0.239 e. The molecule has 1 aromatic heterocycles. The summed E-state index contributed by atoms with van der Waals surface area (Å²) in [6.07, 6.45) is 1.82. The summed E-state index contributed by atoms with van der Waals surface area (Å²) >= 11 is 0. The van der Waals surface area contributed by atoms with Crippen LogP contribution in [0.1, 0.15) is 26.3 Å². The molecule has 5 nitrogen and oxygen atoms in total. The maximum absolute atomic E-state index is 12.4. The SMILES string of the molecule is COc1ccc(CN2CCN(CC(C)C)C(=O)[C@@H]2C)cn1. The molecule has 1 fully saturated rings. The Bertz CT molecular complexity index is 473. The molecular weight excluding hydrogens is 266 g/mol. The van der Waals surface area contributed by atoms with E-state index in [2.05, 4.69) is 23.7 Å². The minimum absolute atomic E-state index is 0.0698. The fourth-order valence-corrected chi connectivity index (χ4v) is 2.67. The van der Waals surface area contributed by atoms with Crippen LogP contribution in [0, 0.1) is 5.92 Å². The van der Waals surface area contributed by atoms with Crippen molar-refractivity contribution in [3.63, 3.8) is 0 Å². The summed E-state index contributed by atoms with van der Waals surface area (Å²) < 4.78 is 5.06. The largest absolute Gasteiger partial charge is 0.481 e. The number of methoxy groups -OCH3 is 1. The van der Waals surface area contributed by atoms with Gasteiger partial charge in [0.15, 0.2) is 0 Å². The van der Waals surface area contributed by atoms with E-state index in [9.17, 15) is 4.79 Å². The lowest BCUT2D eigenvalue weighted by atomic mass is 10.1. The predicted molar refractivity (Wildman–Crippen MR) is 82.1 cm³/mol. The molecule has 1 atom stereocenters. The molecule has 1 saturated heterocycles. The van der Waals surface area contributed by atoms with Crippen molar-refractivity contribution in [3.05, 3.63) is 23.9 Å². The highest BCUT2D eigenvalue weighted by molar-refractivity contribution is 5.82. The van der Waals surface area contributed by atoms with Gasteiger partial charge in [-0.1, -0.05) is 19.9 Å². The van der Waals surface area contributed by atoms with Crippen LogP contribution in [-0.4, -0.2) is 53.5 Å². The molecule has 1 aliphatic rings. The molecule has 2 heterocycles. The highest BCUT2D eigenvalue weighted by Crippen LogP contribution is 2.17. The number of pyridine rings is 1. The molecule has 2 rings (SSSR count). The van der Waals surface area contributed by atoms with Gasteiger partial charge in [0, 0.05) is 38.4 Å². The number of carbonyl (C=O) groups excluding carboxylic acids is 1. The van der Waals surface area contributed by atoms with Gasteiger partial charge in [-0.2, -0.15) is 0 Å². The van der Waals surface area contributed by atoms with Crippen LogP contribution in [0.2, 0.25) is 0 Å². The van der Waals surface area contributed by atoms with E-state index in [1.165, 1.54) is 0 Å². The average molecular weight is 291 g/mol. The second-order valence-electron chi connectivity index (χ2n) is 6.03. The highest BCUT2D eigenvalue weighted by Gasteiger charge is 2.31. The highest BCUT2D eigenvalue weighted by atomic mass is 16.5. The van der Waals surface area contributed by atoms with Gasteiger partial charge in [0.25, 0.3) is 0 Å². The molecular formula is C16H25N3O2. The van der Waals surface area contributed by atoms with Crippen molar-refractivity contribution < 1.29 is 9.53 Å². The summed E-state index contributed by atoms with van der Waals surface area (Å²) in [7, 11) is 1.61. The Hall–Kier alpha value is -1.62. The Balaban J connectivity index is 1.97. The fraction of sp³-hybridized carbons (Fsp3) is 0.625. The van der Waals surface area contributed by atoms with E-state index >= 15 is 0 Å². The number of ether oxygens (including phenoxy) is 1. The molecule has 0 radical (unpaired) electrons. The van der Waals surface area contributed by atoms with Crippen molar-refractivity contribution in [2.45, 2.75) is 33.4 Å². The number of amides is 1. The van der Waals surface area contributed by atoms with Crippen molar-refractivity contribution in [1.82, 2.24) is 14.8 Å². The summed E-state index contributed by atoms with van der Waals surface area (Å²) in [6, 6.07) is 3.79. The van der Waals surface area contributed by atoms with Gasteiger partial charge in [0.2, 0.25) is 11.8 Å². The van der Waals surface area contributed by atoms with E-state index < -0.39 is 0 Å². The Morgan fingerprint density at radius 3 is 2.71 bits per heavy atom. The Labute approximate surface area is 126 Å². The normalized spacial score (nSPS) is 20.1. The molecule has 5 heteroatoms. The summed E-state index contributed by atoms with van der Waals surface area (Å²) in [4.78, 5) is 20.8. The molecule has 0 bridgehead atoms. The number of aromatic nitrogens is 1. The minimum Gasteiger partial charge on any atom is -0.481 e. The van der Waals surface area contributed by atoms with Gasteiger partial charge in [-0.15, -0.1) is 0 Å². The number of hydrogen-bond acceptors (Lipinski definition) is 4. The third-order valence-electron chi connectivity index (χ3n) is 3.85. The molecule has 116 valence electrons. The number of hydrogen-bond donors (Lipinski definition) is 0. The number of rotatable bonds is 5. The molecule has 0 spiro atoms. The van der Waals surface area contributed by atoms with Crippen LogP contribution in [0.5, 0.6) is 5.88 Å². The van der Waals surface area contributed by atoms with E-state index in [-0.39, 0.29) is 11.9 Å². The predicted octanol–water partition coefficient (Wildman–Crippen LogP) is 1.78. The van der Waals surface area contributed by atoms with Crippen LogP contribution >= 0.6 is 0 Å². The first-order valence-corrected chi connectivity index (χ1v) is 7.53. The topological polar surface area (TPSA) is 45.7 Å². The van der Waals surface area contributed by atoms with E-state index in [0.29, 0.717) is 11.8 Å². The van der Waals surface area contributed by atoms with Gasteiger partial charge in [0.05, 0.1) is 13.2 Å². The maximum atomic E-state index is 12.4. The Kier molecular flexibility index (Phi) is 5.17. The second kappa shape index (κ2) is 6.89. The monoisotopic (exact) mass is 291 g/mol. The molecule has 21 heavy (non-hydrogen) atoms. The van der Waals surface area contributed by atoms with Crippen LogP contribution in [0.3, 0.4) is 0 Å². The minimum atomic E-state index is -0.0698. The van der Waals surface area contributed by atoms with Crippen molar-refractivity contribution in [2.24, 2.45) is 5.92 Å². The van der Waals surface area contributed by atoms with Crippen LogP contribution in [0.4, 0.5) is 0 Å². The van der Waals surface area contributed by atoms with E-state index in [0.717, 1.165) is 31.7 Å². The lowest BCUT2D eigenvalue weighted by molar-refractivity contribution is -0.141. The summed E-state index contributed by atoms with van der Waals surface area (Å²) in [5.74, 6) is 1.36. The van der Waals surface area contributed by atoms with Crippen molar-refractivity contribution >= 4 is 5.91 Å². The van der Waals surface area contributed by atoms with Gasteiger partial charge < -0.3 is 9.64 Å². The van der Waals surface area contributed by atoms with Crippen molar-refractivity contribution in [1.29, 1.82) is 0 Å². The molecule has 0 saturated carbocycles. The van der Waals surface area contributed by atoms with E-state index in [1.54, 1.807) is 7.11 Å². The zero-order valence-electron chi connectivity index (χ0n) is 13.4. The fourth-order valence-electron chi connectivity index (χ4n) is 2.67. The molecule has 0 unspecified atom stereocenters. The summed E-state index contributed by atoms with van der Waals surface area (Å²) in [5.41, 5.74) is 1.10. The van der Waals surface area contributed by atoms with Crippen LogP contribution < -0.4 is 4.74 Å². The standard InChI is InChI=1S/C16H25N3O2/c1-12(2)10-19-8-7-18(13(3)16(19)20)11-14-5-6-15(21-4)17-9-14/h5-6,9,12-13H,7-8,10-11H2,1-4H3/t13-/m0/s1. The smallest absolute Gasteiger partial charge is 0.239 e. The summed E-state index contributed by atoms with van der Waals surface area (Å²) in [5, 5.41) is 0. The zero-order valence-corrected chi connectivity index (χ0v) is 13.4. The van der Waals surface area contributed by atoms with Crippen LogP contribution in [0.25, 0.3) is 0 Å². The Morgan fingerprint density at radius 1 is 1.38 bits per heavy atom. The Morgan fingerprint density at radius 2 is 2.14 bits per heavy atom. The van der Waals surface area contributed by atoms with Gasteiger partial charge in [-0.3, -0.25) is 9.69 Å². The molecule has 1 amide bonds. The lowest BCUT2D eigenvalue weighted by Crippen LogP contribution is -2.56. The first kappa shape index (κ1) is 15.8. The van der Waals surface area contributed by atoms with Crippen LogP contribution in [0.15, 0.2) is 18.3 Å². The molecule has 1 aliphatic heterocycles. The van der Waals surface area contributed by atoms with Gasteiger partial charge >= 0.3 is 0 Å². The van der Waals surface area contributed by atoms with Crippen molar-refractivity contribution in [3.8, 4) is 5.88 Å². The zero-order chi connectivity index (χ0) is 15.4. The van der Waals surface area contributed by atoms with Crippen molar-refractivity contribution in [2.75, 3.05) is 26.7 Å². The van der Waals surface area contributed by atoms with Crippen LogP contribution in [-0.2, 0) is 11.3 Å². The van der Waals surface area contributed by atoms with Gasteiger partial charge in [-0.25, -0.2) is 4.98 Å². The number of nitrogens with zero attached hydrogens (tertiary/aromatic N) is 3. The molecule has 0 N–H and O–H groups in total. The number of carbonyl (C=O) groups is 1. The third-order valence-corrected chi connectivity index (χ3v) is 3.85. The van der Waals surface area contributed by atoms with Gasteiger partial charge in [0.1, 0.15) is 0 Å². The quantitative estimate of drug-likeness (QED) is 0.829. The molecule has 1 aromatic rings. The lowest BCUT2D eigenvalue weighted by Gasteiger charge is -2.39. The average Bonchev–Trinajstić information content (AvgIpc) is 2.47. The number of piperazine rings is 1. The second-order valence-corrected chi connectivity index (χ2v) is 6.03. The van der Waals surface area contributed by atoms with E-state index in [4.69, 9.17) is 4.74 Å². The molecule has 0 aliphatic carbocycles. The third kappa shape index (κ3) is 3.94. The summed E-state index contributed by atoms with van der Waals surface area (Å²) in [6.45, 7) is 9.60.